The molecule has 1 aliphatic carbocycles. The van der Waals surface area contributed by atoms with Crippen LogP contribution in [-0.4, -0.2) is 5.78 Å². The molecule has 20 heavy (non-hydrogen) atoms. The van der Waals surface area contributed by atoms with Crippen molar-refractivity contribution in [3.63, 3.8) is 0 Å². The van der Waals surface area contributed by atoms with Crippen LogP contribution in [0.2, 0.25) is 0 Å². The molecule has 1 unspecified atom stereocenters. The first-order chi connectivity index (χ1) is 9.51. The van der Waals surface area contributed by atoms with E-state index < -0.39 is 0 Å². The Labute approximate surface area is 123 Å². The van der Waals surface area contributed by atoms with E-state index in [1.165, 1.54) is 24.8 Å². The van der Waals surface area contributed by atoms with Crippen LogP contribution in [0.1, 0.15) is 58.4 Å². The van der Waals surface area contributed by atoms with Crippen molar-refractivity contribution < 1.29 is 4.79 Å². The molecule has 0 amide bonds. The fourth-order valence-electron chi connectivity index (χ4n) is 3.59. The summed E-state index contributed by atoms with van der Waals surface area (Å²) in [5.41, 5.74) is 1.21. The highest BCUT2D eigenvalue weighted by Crippen LogP contribution is 2.42. The van der Waals surface area contributed by atoms with Crippen LogP contribution in [0, 0.1) is 17.3 Å². The van der Waals surface area contributed by atoms with Gasteiger partial charge in [0.25, 0.3) is 0 Å². The second-order valence-corrected chi connectivity index (χ2v) is 6.97. The highest BCUT2D eigenvalue weighted by Gasteiger charge is 2.35. The van der Waals surface area contributed by atoms with Gasteiger partial charge in [-0.2, -0.15) is 0 Å². The molecule has 1 saturated carbocycles. The number of hydrogen-bond acceptors (Lipinski definition) is 1. The maximum absolute atomic E-state index is 12.2. The number of ketones is 1. The molecule has 0 bridgehead atoms. The topological polar surface area (TPSA) is 17.1 Å². The third-order valence-electron chi connectivity index (χ3n) is 5.41. The Morgan fingerprint density at radius 2 is 1.95 bits per heavy atom. The SMILES string of the molecule is CC(=O)[C@](C)(CCc1ccccc1)C[C@@H]1CCCC1C. The van der Waals surface area contributed by atoms with E-state index in [0.717, 1.165) is 31.1 Å². The summed E-state index contributed by atoms with van der Waals surface area (Å²) < 4.78 is 0. The summed E-state index contributed by atoms with van der Waals surface area (Å²) in [6.07, 6.45) is 7.08. The second-order valence-electron chi connectivity index (χ2n) is 6.97. The minimum atomic E-state index is -0.140. The van der Waals surface area contributed by atoms with Crippen LogP contribution in [0.25, 0.3) is 0 Å². The summed E-state index contributed by atoms with van der Waals surface area (Å²) in [5.74, 6) is 1.91. The van der Waals surface area contributed by atoms with Gasteiger partial charge < -0.3 is 0 Å². The van der Waals surface area contributed by atoms with Crippen LogP contribution < -0.4 is 0 Å². The van der Waals surface area contributed by atoms with E-state index in [2.05, 4.69) is 38.1 Å². The lowest BCUT2D eigenvalue weighted by atomic mass is 9.72. The van der Waals surface area contributed by atoms with Gasteiger partial charge in [0.15, 0.2) is 0 Å². The lowest BCUT2D eigenvalue weighted by Crippen LogP contribution is -2.30. The minimum absolute atomic E-state index is 0.140. The number of Topliss-reactive ketones (excluding diaryl/α,β-unsaturated/α-hetero) is 1. The first kappa shape index (κ1) is 15.3. The van der Waals surface area contributed by atoms with Gasteiger partial charge in [0.05, 0.1) is 0 Å². The lowest BCUT2D eigenvalue weighted by molar-refractivity contribution is -0.127. The van der Waals surface area contributed by atoms with Crippen molar-refractivity contribution in [3.8, 4) is 0 Å². The Morgan fingerprint density at radius 3 is 2.50 bits per heavy atom. The molecule has 0 aromatic heterocycles. The van der Waals surface area contributed by atoms with Crippen LogP contribution in [0.15, 0.2) is 30.3 Å². The molecule has 110 valence electrons. The van der Waals surface area contributed by atoms with E-state index in [-0.39, 0.29) is 5.41 Å². The van der Waals surface area contributed by atoms with Gasteiger partial charge in [-0.25, -0.2) is 0 Å². The molecule has 0 heterocycles. The normalized spacial score (nSPS) is 25.4. The third kappa shape index (κ3) is 3.71. The van der Waals surface area contributed by atoms with Gasteiger partial charge in [0.2, 0.25) is 0 Å². The van der Waals surface area contributed by atoms with Gasteiger partial charge >= 0.3 is 0 Å². The summed E-state index contributed by atoms with van der Waals surface area (Å²) in [5, 5.41) is 0. The molecule has 1 aliphatic rings. The van der Waals surface area contributed by atoms with Crippen LogP contribution in [-0.2, 0) is 11.2 Å². The molecule has 2 rings (SSSR count). The molecule has 1 fully saturated rings. The average Bonchev–Trinajstić information content (AvgIpc) is 2.83. The van der Waals surface area contributed by atoms with Crippen LogP contribution in [0.3, 0.4) is 0 Å². The molecule has 1 nitrogen and oxygen atoms in total. The molecule has 0 saturated heterocycles. The molecule has 0 spiro atoms. The Bertz CT molecular complexity index is 436. The van der Waals surface area contributed by atoms with Gasteiger partial charge in [-0.1, -0.05) is 63.4 Å². The zero-order chi connectivity index (χ0) is 14.6. The zero-order valence-electron chi connectivity index (χ0n) is 13.2. The van der Waals surface area contributed by atoms with E-state index in [1.54, 1.807) is 6.92 Å². The summed E-state index contributed by atoms with van der Waals surface area (Å²) >= 11 is 0. The Morgan fingerprint density at radius 1 is 1.25 bits per heavy atom. The number of carbonyl (C=O) groups is 1. The van der Waals surface area contributed by atoms with E-state index in [1.807, 2.05) is 6.07 Å². The molecule has 0 N–H and O–H groups in total. The highest BCUT2D eigenvalue weighted by molar-refractivity contribution is 5.81. The van der Waals surface area contributed by atoms with E-state index in [0.29, 0.717) is 5.78 Å². The van der Waals surface area contributed by atoms with Gasteiger partial charge in [-0.05, 0) is 43.6 Å². The molecule has 1 aromatic carbocycles. The second kappa shape index (κ2) is 6.56. The van der Waals surface area contributed by atoms with Crippen molar-refractivity contribution in [1.29, 1.82) is 0 Å². The zero-order valence-corrected chi connectivity index (χ0v) is 13.2. The molecule has 0 aliphatic heterocycles. The maximum atomic E-state index is 12.2. The number of benzene rings is 1. The third-order valence-corrected chi connectivity index (χ3v) is 5.41. The predicted molar refractivity (Wildman–Crippen MR) is 84.7 cm³/mol. The van der Waals surface area contributed by atoms with Gasteiger partial charge in [-0.15, -0.1) is 0 Å². The van der Waals surface area contributed by atoms with Crippen LogP contribution >= 0.6 is 0 Å². The highest BCUT2D eigenvalue weighted by atomic mass is 16.1. The van der Waals surface area contributed by atoms with Gasteiger partial charge in [0, 0.05) is 5.41 Å². The number of aryl methyl sites for hydroxylation is 1. The summed E-state index contributed by atoms with van der Waals surface area (Å²) in [4.78, 5) is 12.2. The van der Waals surface area contributed by atoms with Crippen molar-refractivity contribution in [2.45, 2.75) is 59.3 Å². The number of hydrogen-bond donors (Lipinski definition) is 0. The maximum Gasteiger partial charge on any atom is 0.135 e. The number of rotatable bonds is 6. The van der Waals surface area contributed by atoms with Gasteiger partial charge in [-0.3, -0.25) is 4.79 Å². The van der Waals surface area contributed by atoms with Crippen molar-refractivity contribution in [2.75, 3.05) is 0 Å². The van der Waals surface area contributed by atoms with E-state index in [9.17, 15) is 4.79 Å². The first-order valence-corrected chi connectivity index (χ1v) is 8.06. The lowest BCUT2D eigenvalue weighted by Gasteiger charge is -2.31. The van der Waals surface area contributed by atoms with Crippen molar-refractivity contribution >= 4 is 5.78 Å². The van der Waals surface area contributed by atoms with Crippen LogP contribution in [0.4, 0.5) is 0 Å². The average molecular weight is 272 g/mol. The van der Waals surface area contributed by atoms with Crippen molar-refractivity contribution in [2.24, 2.45) is 17.3 Å². The van der Waals surface area contributed by atoms with Crippen molar-refractivity contribution in [1.82, 2.24) is 0 Å². The van der Waals surface area contributed by atoms with E-state index >= 15 is 0 Å². The standard InChI is InChI=1S/C19H28O/c1-15-8-7-11-18(15)14-19(3,16(2)20)13-12-17-9-5-4-6-10-17/h4-6,9-10,15,18H,7-8,11-14H2,1-3H3/t15?,18-,19+/m0/s1. The summed E-state index contributed by atoms with van der Waals surface area (Å²) in [6.45, 7) is 6.32. The Hall–Kier alpha value is -1.11. The fourth-order valence-corrected chi connectivity index (χ4v) is 3.59. The Kier molecular flexibility index (Phi) is 5.01. The van der Waals surface area contributed by atoms with Crippen LogP contribution in [0.5, 0.6) is 0 Å². The van der Waals surface area contributed by atoms with Crippen molar-refractivity contribution in [3.05, 3.63) is 35.9 Å². The first-order valence-electron chi connectivity index (χ1n) is 8.06. The molecule has 1 aromatic rings. The molecule has 0 radical (unpaired) electrons. The number of carbonyl (C=O) groups excluding carboxylic acids is 1. The molecule has 3 atom stereocenters. The predicted octanol–water partition coefficient (Wildman–Crippen LogP) is 5.04. The van der Waals surface area contributed by atoms with Gasteiger partial charge in [0.1, 0.15) is 5.78 Å². The fraction of sp³-hybridized carbons (Fsp3) is 0.632. The smallest absolute Gasteiger partial charge is 0.135 e. The summed E-state index contributed by atoms with van der Waals surface area (Å²) in [7, 11) is 0. The largest absolute Gasteiger partial charge is 0.299 e. The summed E-state index contributed by atoms with van der Waals surface area (Å²) in [6, 6.07) is 10.5. The molecular formula is C19H28O. The molecular weight excluding hydrogens is 244 g/mol. The molecule has 1 heteroatoms. The Balaban J connectivity index is 1.99. The minimum Gasteiger partial charge on any atom is -0.299 e. The quantitative estimate of drug-likeness (QED) is 0.709. The monoisotopic (exact) mass is 272 g/mol. The van der Waals surface area contributed by atoms with E-state index in [4.69, 9.17) is 0 Å².